The molecule has 1 saturated carbocycles. The molecule has 0 bridgehead atoms. The molecule has 0 spiro atoms. The second-order valence-corrected chi connectivity index (χ2v) is 6.05. The molecule has 0 aromatic heterocycles. The molecule has 4 nitrogen and oxygen atoms in total. The van der Waals surface area contributed by atoms with E-state index in [4.69, 9.17) is 10.5 Å². The molecule has 0 radical (unpaired) electrons. The number of hydrogen-bond donors (Lipinski definition) is 1. The van der Waals surface area contributed by atoms with E-state index in [1.54, 1.807) is 0 Å². The molecular weight excluding hydrogens is 264 g/mol. The maximum absolute atomic E-state index is 12.6. The highest BCUT2D eigenvalue weighted by atomic mass is 16.5. The SMILES string of the molecule is NCc1ccc(CC(=O)N2CCOC3CCCCC32)cc1. The molecule has 114 valence electrons. The topological polar surface area (TPSA) is 55.6 Å². The summed E-state index contributed by atoms with van der Waals surface area (Å²) in [7, 11) is 0. The normalized spacial score (nSPS) is 25.5. The number of amides is 1. The third-order valence-corrected chi connectivity index (χ3v) is 4.67. The van der Waals surface area contributed by atoms with Crippen molar-refractivity contribution >= 4 is 5.91 Å². The van der Waals surface area contributed by atoms with Gasteiger partial charge in [-0.05, 0) is 24.0 Å². The van der Waals surface area contributed by atoms with Gasteiger partial charge >= 0.3 is 0 Å². The van der Waals surface area contributed by atoms with E-state index in [1.807, 2.05) is 24.3 Å². The van der Waals surface area contributed by atoms with Crippen molar-refractivity contribution in [2.45, 2.75) is 50.8 Å². The quantitative estimate of drug-likeness (QED) is 0.923. The van der Waals surface area contributed by atoms with Gasteiger partial charge in [-0.3, -0.25) is 4.79 Å². The number of nitrogens with two attached hydrogens (primary N) is 1. The molecule has 1 aromatic rings. The number of fused-ring (bicyclic) bond motifs is 1. The van der Waals surface area contributed by atoms with Crippen molar-refractivity contribution in [2.24, 2.45) is 5.73 Å². The Labute approximate surface area is 126 Å². The van der Waals surface area contributed by atoms with Gasteiger partial charge in [0.1, 0.15) is 0 Å². The first-order chi connectivity index (χ1) is 10.3. The Morgan fingerprint density at radius 1 is 1.19 bits per heavy atom. The van der Waals surface area contributed by atoms with E-state index in [0.29, 0.717) is 25.6 Å². The summed E-state index contributed by atoms with van der Waals surface area (Å²) < 4.78 is 5.83. The lowest BCUT2D eigenvalue weighted by atomic mass is 9.90. The van der Waals surface area contributed by atoms with Crippen molar-refractivity contribution in [3.8, 4) is 0 Å². The number of carbonyl (C=O) groups excluding carboxylic acids is 1. The van der Waals surface area contributed by atoms with Crippen LogP contribution in [0.5, 0.6) is 0 Å². The molecule has 2 N–H and O–H groups in total. The number of ether oxygens (including phenoxy) is 1. The third-order valence-electron chi connectivity index (χ3n) is 4.67. The van der Waals surface area contributed by atoms with E-state index in [0.717, 1.165) is 30.5 Å². The van der Waals surface area contributed by atoms with Gasteiger partial charge in [-0.2, -0.15) is 0 Å². The Kier molecular flexibility index (Phi) is 4.56. The van der Waals surface area contributed by atoms with Crippen LogP contribution in [0.15, 0.2) is 24.3 Å². The number of nitrogens with zero attached hydrogens (tertiary/aromatic N) is 1. The molecule has 2 unspecified atom stereocenters. The van der Waals surface area contributed by atoms with Gasteiger partial charge in [0.2, 0.25) is 5.91 Å². The molecule has 2 atom stereocenters. The van der Waals surface area contributed by atoms with Crippen LogP contribution in [0.25, 0.3) is 0 Å². The van der Waals surface area contributed by atoms with Crippen molar-refractivity contribution in [1.29, 1.82) is 0 Å². The van der Waals surface area contributed by atoms with Gasteiger partial charge < -0.3 is 15.4 Å². The smallest absolute Gasteiger partial charge is 0.227 e. The summed E-state index contributed by atoms with van der Waals surface area (Å²) in [6, 6.07) is 8.33. The van der Waals surface area contributed by atoms with Gasteiger partial charge in [-0.25, -0.2) is 0 Å². The van der Waals surface area contributed by atoms with Crippen LogP contribution in [-0.2, 0) is 22.5 Å². The van der Waals surface area contributed by atoms with Gasteiger partial charge in [-0.15, -0.1) is 0 Å². The zero-order valence-electron chi connectivity index (χ0n) is 12.5. The Balaban J connectivity index is 1.65. The monoisotopic (exact) mass is 288 g/mol. The first-order valence-corrected chi connectivity index (χ1v) is 7.97. The zero-order valence-corrected chi connectivity index (χ0v) is 12.5. The fraction of sp³-hybridized carbons (Fsp3) is 0.588. The van der Waals surface area contributed by atoms with Crippen LogP contribution >= 0.6 is 0 Å². The average Bonchev–Trinajstić information content (AvgIpc) is 2.55. The van der Waals surface area contributed by atoms with Gasteiger partial charge in [0, 0.05) is 13.1 Å². The summed E-state index contributed by atoms with van der Waals surface area (Å²) in [6.07, 6.45) is 5.36. The highest BCUT2D eigenvalue weighted by molar-refractivity contribution is 5.79. The molecule has 4 heteroatoms. The van der Waals surface area contributed by atoms with Crippen molar-refractivity contribution < 1.29 is 9.53 Å². The molecule has 1 aliphatic heterocycles. The van der Waals surface area contributed by atoms with Crippen molar-refractivity contribution in [1.82, 2.24) is 4.90 Å². The zero-order chi connectivity index (χ0) is 14.7. The molecule has 2 fully saturated rings. The summed E-state index contributed by atoms with van der Waals surface area (Å²) in [5, 5.41) is 0. The van der Waals surface area contributed by atoms with Crippen LogP contribution < -0.4 is 5.73 Å². The molecule has 1 aromatic carbocycles. The molecule has 2 aliphatic rings. The fourth-order valence-corrected chi connectivity index (χ4v) is 3.48. The summed E-state index contributed by atoms with van der Waals surface area (Å²) in [4.78, 5) is 14.7. The summed E-state index contributed by atoms with van der Waals surface area (Å²) in [6.45, 7) is 1.96. The van der Waals surface area contributed by atoms with Crippen LogP contribution in [0.2, 0.25) is 0 Å². The summed E-state index contributed by atoms with van der Waals surface area (Å²) in [5.41, 5.74) is 7.77. The van der Waals surface area contributed by atoms with Crippen LogP contribution in [0, 0.1) is 0 Å². The summed E-state index contributed by atoms with van der Waals surface area (Å²) >= 11 is 0. The molecule has 1 heterocycles. The third kappa shape index (κ3) is 3.27. The van der Waals surface area contributed by atoms with Crippen molar-refractivity contribution in [3.05, 3.63) is 35.4 Å². The van der Waals surface area contributed by atoms with E-state index in [9.17, 15) is 4.79 Å². The second kappa shape index (κ2) is 6.58. The van der Waals surface area contributed by atoms with E-state index >= 15 is 0 Å². The van der Waals surface area contributed by atoms with Crippen LogP contribution in [-0.4, -0.2) is 36.1 Å². The predicted octanol–water partition coefficient (Wildman–Crippen LogP) is 1.86. The van der Waals surface area contributed by atoms with E-state index in [-0.39, 0.29) is 12.0 Å². The van der Waals surface area contributed by atoms with Crippen LogP contribution in [0.4, 0.5) is 0 Å². The van der Waals surface area contributed by atoms with Gasteiger partial charge in [0.05, 0.1) is 25.2 Å². The number of carbonyl (C=O) groups is 1. The average molecular weight is 288 g/mol. The van der Waals surface area contributed by atoms with Crippen molar-refractivity contribution in [2.75, 3.05) is 13.2 Å². The van der Waals surface area contributed by atoms with Crippen LogP contribution in [0.3, 0.4) is 0 Å². The molecule has 21 heavy (non-hydrogen) atoms. The second-order valence-electron chi connectivity index (χ2n) is 6.05. The fourth-order valence-electron chi connectivity index (χ4n) is 3.48. The van der Waals surface area contributed by atoms with Gasteiger partial charge in [0.25, 0.3) is 0 Å². The predicted molar refractivity (Wildman–Crippen MR) is 81.7 cm³/mol. The lowest BCUT2D eigenvalue weighted by Gasteiger charge is -2.43. The highest BCUT2D eigenvalue weighted by Gasteiger charge is 2.36. The minimum Gasteiger partial charge on any atom is -0.374 e. The van der Waals surface area contributed by atoms with E-state index < -0.39 is 0 Å². The Bertz CT molecular complexity index is 484. The summed E-state index contributed by atoms with van der Waals surface area (Å²) in [5.74, 6) is 0.232. The van der Waals surface area contributed by atoms with E-state index in [1.165, 1.54) is 12.8 Å². The number of hydrogen-bond acceptors (Lipinski definition) is 3. The Morgan fingerprint density at radius 3 is 2.67 bits per heavy atom. The molecule has 3 rings (SSSR count). The lowest BCUT2D eigenvalue weighted by Crippen LogP contribution is -2.55. The van der Waals surface area contributed by atoms with E-state index in [2.05, 4.69) is 4.90 Å². The minimum absolute atomic E-state index is 0.232. The molecular formula is C17H24N2O2. The lowest BCUT2D eigenvalue weighted by molar-refractivity contribution is -0.148. The Morgan fingerprint density at radius 2 is 1.90 bits per heavy atom. The van der Waals surface area contributed by atoms with Crippen LogP contribution in [0.1, 0.15) is 36.8 Å². The number of benzene rings is 1. The largest absolute Gasteiger partial charge is 0.374 e. The van der Waals surface area contributed by atoms with Crippen molar-refractivity contribution in [3.63, 3.8) is 0 Å². The molecule has 1 aliphatic carbocycles. The first kappa shape index (κ1) is 14.5. The first-order valence-electron chi connectivity index (χ1n) is 7.97. The Hall–Kier alpha value is -1.39. The van der Waals surface area contributed by atoms with Gasteiger partial charge in [0.15, 0.2) is 0 Å². The maximum Gasteiger partial charge on any atom is 0.227 e. The maximum atomic E-state index is 12.6. The highest BCUT2D eigenvalue weighted by Crippen LogP contribution is 2.28. The number of rotatable bonds is 3. The minimum atomic E-state index is 0.232. The number of morpholine rings is 1. The standard InChI is InChI=1S/C17H24N2O2/c18-12-14-7-5-13(6-8-14)11-17(20)19-9-10-21-16-4-2-1-3-15(16)19/h5-8,15-16H,1-4,9-12,18H2. The molecule has 1 saturated heterocycles. The van der Waals surface area contributed by atoms with Gasteiger partial charge in [-0.1, -0.05) is 37.1 Å². The molecule has 1 amide bonds.